The van der Waals surface area contributed by atoms with E-state index in [2.05, 4.69) is 15.4 Å². The van der Waals surface area contributed by atoms with Gasteiger partial charge < -0.3 is 15.4 Å². The molecule has 1 atom stereocenters. The molecule has 2 aliphatic rings. The number of carbonyl (C=O) groups excluding carboxylic acids is 3. The van der Waals surface area contributed by atoms with Gasteiger partial charge in [0.05, 0.1) is 0 Å². The van der Waals surface area contributed by atoms with Gasteiger partial charge in [0, 0.05) is 6.04 Å². The molecule has 0 unspecified atom stereocenters. The van der Waals surface area contributed by atoms with Crippen molar-refractivity contribution in [2.75, 3.05) is 6.54 Å². The molecule has 0 bridgehead atoms. The first-order valence-electron chi connectivity index (χ1n) is 7.78. The maximum Gasteiger partial charge on any atom is 0.387 e. The van der Waals surface area contributed by atoms with E-state index in [0.29, 0.717) is 5.56 Å². The van der Waals surface area contributed by atoms with E-state index in [1.165, 1.54) is 31.2 Å². The fourth-order valence-electron chi connectivity index (χ4n) is 2.65. The highest BCUT2D eigenvalue weighted by atomic mass is 19.3. The van der Waals surface area contributed by atoms with E-state index in [4.69, 9.17) is 0 Å². The van der Waals surface area contributed by atoms with E-state index in [0.717, 1.165) is 17.7 Å². The van der Waals surface area contributed by atoms with Gasteiger partial charge >= 0.3 is 12.6 Å². The highest BCUT2D eigenvalue weighted by molar-refractivity contribution is 6.09. The van der Waals surface area contributed by atoms with Crippen LogP contribution in [0.3, 0.4) is 0 Å². The molecule has 2 fully saturated rings. The first-order valence-corrected chi connectivity index (χ1v) is 7.78. The Balaban J connectivity index is 1.73. The standard InChI is InChI=1S/C16H17F2N3O4/c1-16(9-2-6-11(7-3-9)25-14(17)18)13(23)21(15(24)20-16)8-12(22)19-10-4-5-10/h2-3,6-7,10,14H,4-5,8H2,1H3,(H,19,22)(H,20,24)/t16-/m1/s1. The minimum atomic E-state index is -2.95. The average Bonchev–Trinajstić information content (AvgIpc) is 3.32. The second kappa shape index (κ2) is 6.30. The van der Waals surface area contributed by atoms with Gasteiger partial charge in [-0.3, -0.25) is 14.5 Å². The molecule has 1 saturated heterocycles. The molecular formula is C16H17F2N3O4. The summed E-state index contributed by atoms with van der Waals surface area (Å²) in [4.78, 5) is 37.5. The predicted molar refractivity (Wildman–Crippen MR) is 81.8 cm³/mol. The van der Waals surface area contributed by atoms with Crippen LogP contribution in [0.4, 0.5) is 13.6 Å². The summed E-state index contributed by atoms with van der Waals surface area (Å²) in [7, 11) is 0. The summed E-state index contributed by atoms with van der Waals surface area (Å²) in [6.45, 7) is -1.81. The smallest absolute Gasteiger partial charge is 0.387 e. The molecule has 1 aromatic rings. The Morgan fingerprint density at radius 2 is 2.00 bits per heavy atom. The average molecular weight is 353 g/mol. The van der Waals surface area contributed by atoms with Crippen LogP contribution in [0, 0.1) is 0 Å². The third kappa shape index (κ3) is 3.54. The minimum absolute atomic E-state index is 0.0558. The van der Waals surface area contributed by atoms with E-state index in [1.807, 2.05) is 0 Å². The zero-order valence-electron chi connectivity index (χ0n) is 13.4. The number of ether oxygens (including phenoxy) is 1. The normalized spacial score (nSPS) is 23.0. The molecule has 0 radical (unpaired) electrons. The van der Waals surface area contributed by atoms with E-state index in [-0.39, 0.29) is 18.3 Å². The number of amides is 4. The number of rotatable bonds is 6. The molecule has 1 aliphatic carbocycles. The number of hydrogen-bond donors (Lipinski definition) is 2. The highest BCUT2D eigenvalue weighted by Gasteiger charge is 2.49. The van der Waals surface area contributed by atoms with Gasteiger partial charge in [0.15, 0.2) is 0 Å². The molecule has 25 heavy (non-hydrogen) atoms. The molecule has 1 saturated carbocycles. The van der Waals surface area contributed by atoms with Crippen LogP contribution in [0.1, 0.15) is 25.3 Å². The van der Waals surface area contributed by atoms with Gasteiger partial charge in [0.25, 0.3) is 5.91 Å². The molecular weight excluding hydrogens is 336 g/mol. The first kappa shape index (κ1) is 17.1. The summed E-state index contributed by atoms with van der Waals surface area (Å²) >= 11 is 0. The van der Waals surface area contributed by atoms with Gasteiger partial charge in [0.2, 0.25) is 5.91 Å². The summed E-state index contributed by atoms with van der Waals surface area (Å²) in [5.41, 5.74) is -0.974. The minimum Gasteiger partial charge on any atom is -0.435 e. The second-order valence-electron chi connectivity index (χ2n) is 6.19. The van der Waals surface area contributed by atoms with Crippen LogP contribution in [0.2, 0.25) is 0 Å². The molecule has 134 valence electrons. The second-order valence-corrected chi connectivity index (χ2v) is 6.19. The number of halogens is 2. The van der Waals surface area contributed by atoms with Crippen LogP contribution in [0.15, 0.2) is 24.3 Å². The Morgan fingerprint density at radius 1 is 1.36 bits per heavy atom. The van der Waals surface area contributed by atoms with Gasteiger partial charge in [-0.1, -0.05) is 12.1 Å². The van der Waals surface area contributed by atoms with Gasteiger partial charge in [-0.25, -0.2) is 4.79 Å². The van der Waals surface area contributed by atoms with Crippen LogP contribution in [-0.4, -0.2) is 41.9 Å². The van der Waals surface area contributed by atoms with Gasteiger partial charge in [0.1, 0.15) is 17.8 Å². The van der Waals surface area contributed by atoms with Crippen molar-refractivity contribution in [3.05, 3.63) is 29.8 Å². The van der Waals surface area contributed by atoms with Gasteiger partial charge in [-0.2, -0.15) is 8.78 Å². The lowest BCUT2D eigenvalue weighted by Crippen LogP contribution is -2.43. The quantitative estimate of drug-likeness (QED) is 0.756. The van der Waals surface area contributed by atoms with Crippen molar-refractivity contribution < 1.29 is 27.9 Å². The lowest BCUT2D eigenvalue weighted by Gasteiger charge is -2.22. The number of nitrogens with zero attached hydrogens (tertiary/aromatic N) is 1. The number of imide groups is 1. The summed E-state index contributed by atoms with van der Waals surface area (Å²) in [5.74, 6) is -1.03. The number of alkyl halides is 2. The molecule has 1 aromatic carbocycles. The molecule has 4 amide bonds. The number of hydrogen-bond acceptors (Lipinski definition) is 4. The van der Waals surface area contributed by atoms with Crippen molar-refractivity contribution in [2.24, 2.45) is 0 Å². The van der Waals surface area contributed by atoms with E-state index in [1.54, 1.807) is 0 Å². The molecule has 1 heterocycles. The molecule has 9 heteroatoms. The van der Waals surface area contributed by atoms with Crippen LogP contribution in [-0.2, 0) is 15.1 Å². The first-order chi connectivity index (χ1) is 11.8. The fourth-order valence-corrected chi connectivity index (χ4v) is 2.65. The van der Waals surface area contributed by atoms with Gasteiger partial charge in [-0.15, -0.1) is 0 Å². The Hall–Kier alpha value is -2.71. The Labute approximate surface area is 142 Å². The maximum atomic E-state index is 12.6. The molecule has 2 N–H and O–H groups in total. The summed E-state index contributed by atoms with van der Waals surface area (Å²) < 4.78 is 28.7. The molecule has 3 rings (SSSR count). The van der Waals surface area contributed by atoms with E-state index in [9.17, 15) is 23.2 Å². The van der Waals surface area contributed by atoms with Crippen molar-refractivity contribution in [3.8, 4) is 5.75 Å². The zero-order valence-corrected chi connectivity index (χ0v) is 13.4. The molecule has 0 aromatic heterocycles. The maximum absolute atomic E-state index is 12.6. The predicted octanol–water partition coefficient (Wildman–Crippen LogP) is 1.33. The number of nitrogens with one attached hydrogen (secondary N) is 2. The zero-order chi connectivity index (χ0) is 18.2. The monoisotopic (exact) mass is 353 g/mol. The number of benzene rings is 1. The van der Waals surface area contributed by atoms with Crippen LogP contribution in [0.5, 0.6) is 5.75 Å². The third-order valence-electron chi connectivity index (χ3n) is 4.18. The molecule has 0 spiro atoms. The topological polar surface area (TPSA) is 87.7 Å². The Morgan fingerprint density at radius 3 is 2.56 bits per heavy atom. The Bertz CT molecular complexity index is 706. The van der Waals surface area contributed by atoms with Crippen LogP contribution >= 0.6 is 0 Å². The summed E-state index contributed by atoms with van der Waals surface area (Å²) in [5, 5.41) is 5.26. The fraction of sp³-hybridized carbons (Fsp3) is 0.438. The van der Waals surface area contributed by atoms with Crippen molar-refractivity contribution >= 4 is 17.8 Å². The summed E-state index contributed by atoms with van der Waals surface area (Å²) in [6.07, 6.45) is 1.80. The lowest BCUT2D eigenvalue weighted by molar-refractivity contribution is -0.134. The van der Waals surface area contributed by atoms with Crippen LogP contribution in [0.25, 0.3) is 0 Å². The number of urea groups is 1. The van der Waals surface area contributed by atoms with E-state index < -0.39 is 30.0 Å². The molecule has 1 aliphatic heterocycles. The largest absolute Gasteiger partial charge is 0.435 e. The lowest BCUT2D eigenvalue weighted by atomic mass is 9.92. The summed E-state index contributed by atoms with van der Waals surface area (Å²) in [6, 6.07) is 4.87. The van der Waals surface area contributed by atoms with Crippen molar-refractivity contribution in [2.45, 2.75) is 38.0 Å². The highest BCUT2D eigenvalue weighted by Crippen LogP contribution is 2.30. The van der Waals surface area contributed by atoms with Gasteiger partial charge in [-0.05, 0) is 37.5 Å². The SMILES string of the molecule is C[C@]1(c2ccc(OC(F)F)cc2)NC(=O)N(CC(=O)NC2CC2)C1=O. The van der Waals surface area contributed by atoms with E-state index >= 15 is 0 Å². The third-order valence-corrected chi connectivity index (χ3v) is 4.18. The van der Waals surface area contributed by atoms with Crippen molar-refractivity contribution in [1.82, 2.24) is 15.5 Å². The Kier molecular flexibility index (Phi) is 4.32. The van der Waals surface area contributed by atoms with Crippen molar-refractivity contribution in [3.63, 3.8) is 0 Å². The van der Waals surface area contributed by atoms with Crippen molar-refractivity contribution in [1.29, 1.82) is 0 Å². The molecule has 7 nitrogen and oxygen atoms in total. The number of carbonyl (C=O) groups is 3. The van der Waals surface area contributed by atoms with Crippen LogP contribution < -0.4 is 15.4 Å².